The highest BCUT2D eigenvalue weighted by Crippen LogP contribution is 2.12. The van der Waals surface area contributed by atoms with Crippen LogP contribution in [0.5, 0.6) is 0 Å². The first-order valence-corrected chi connectivity index (χ1v) is 7.62. The maximum Gasteiger partial charge on any atom is 0.338 e. The van der Waals surface area contributed by atoms with E-state index >= 15 is 0 Å². The quantitative estimate of drug-likeness (QED) is 0.670. The molecule has 0 fully saturated rings. The summed E-state index contributed by atoms with van der Waals surface area (Å²) in [5.74, 6) is -0.815. The first kappa shape index (κ1) is 16.4. The van der Waals surface area contributed by atoms with Crippen LogP contribution in [-0.2, 0) is 16.1 Å². The van der Waals surface area contributed by atoms with Crippen molar-refractivity contribution in [2.45, 2.75) is 6.61 Å². The Morgan fingerprint density at radius 2 is 1.60 bits per heavy atom. The Balaban J connectivity index is 1.60. The van der Waals surface area contributed by atoms with Crippen LogP contribution in [0, 0.1) is 0 Å². The van der Waals surface area contributed by atoms with Crippen LogP contribution in [0.2, 0.25) is 0 Å². The fraction of sp³-hybridized carbons (Fsp3) is 0.105. The van der Waals surface area contributed by atoms with Crippen molar-refractivity contribution >= 4 is 11.9 Å². The number of ether oxygens (including phenoxy) is 2. The van der Waals surface area contributed by atoms with Gasteiger partial charge in [-0.05, 0) is 48.0 Å². The lowest BCUT2D eigenvalue weighted by Crippen LogP contribution is -2.06. The molecule has 0 saturated heterocycles. The maximum absolute atomic E-state index is 12.1. The number of hydrogen-bond donors (Lipinski definition) is 0. The second kappa shape index (κ2) is 7.44. The van der Waals surface area contributed by atoms with Crippen molar-refractivity contribution in [2.24, 2.45) is 0 Å². The minimum Gasteiger partial charge on any atom is -0.465 e. The summed E-state index contributed by atoms with van der Waals surface area (Å²) >= 11 is 0. The summed E-state index contributed by atoms with van der Waals surface area (Å²) in [6.45, 7) is 0.126. The van der Waals surface area contributed by atoms with Gasteiger partial charge >= 0.3 is 11.9 Å². The lowest BCUT2D eigenvalue weighted by Gasteiger charge is -2.07. The van der Waals surface area contributed by atoms with Gasteiger partial charge in [0, 0.05) is 12.4 Å². The molecular weight excluding hydrogens is 320 g/mol. The Morgan fingerprint density at radius 1 is 0.960 bits per heavy atom. The first-order chi connectivity index (χ1) is 12.2. The van der Waals surface area contributed by atoms with E-state index in [0.29, 0.717) is 11.1 Å². The molecule has 0 spiro atoms. The van der Waals surface area contributed by atoms with Gasteiger partial charge in [-0.3, -0.25) is 0 Å². The Labute approximate surface area is 144 Å². The third-order valence-corrected chi connectivity index (χ3v) is 3.62. The predicted octanol–water partition coefficient (Wildman–Crippen LogP) is 3.02. The van der Waals surface area contributed by atoms with Gasteiger partial charge in [0.15, 0.2) is 0 Å². The van der Waals surface area contributed by atoms with Gasteiger partial charge in [-0.25, -0.2) is 14.3 Å². The van der Waals surface area contributed by atoms with Crippen molar-refractivity contribution in [3.63, 3.8) is 0 Å². The van der Waals surface area contributed by atoms with Crippen molar-refractivity contribution in [1.82, 2.24) is 9.78 Å². The summed E-state index contributed by atoms with van der Waals surface area (Å²) in [4.78, 5) is 23.5. The minimum absolute atomic E-state index is 0.126. The molecule has 1 aromatic heterocycles. The van der Waals surface area contributed by atoms with E-state index in [1.54, 1.807) is 59.4 Å². The molecule has 2 aromatic carbocycles. The van der Waals surface area contributed by atoms with Crippen LogP contribution in [-0.4, -0.2) is 28.8 Å². The number of benzene rings is 2. The van der Waals surface area contributed by atoms with E-state index in [0.717, 1.165) is 11.3 Å². The van der Waals surface area contributed by atoms with Crippen LogP contribution < -0.4 is 0 Å². The third kappa shape index (κ3) is 3.92. The molecule has 0 unspecified atom stereocenters. The molecule has 0 saturated carbocycles. The molecule has 1 heterocycles. The van der Waals surface area contributed by atoms with E-state index in [9.17, 15) is 9.59 Å². The molecule has 0 aliphatic heterocycles. The fourth-order valence-electron chi connectivity index (χ4n) is 2.26. The summed E-state index contributed by atoms with van der Waals surface area (Å²) in [6.07, 6.45) is 3.51. The second-order valence-corrected chi connectivity index (χ2v) is 5.26. The van der Waals surface area contributed by atoms with Crippen molar-refractivity contribution in [3.05, 3.63) is 83.7 Å². The molecule has 6 heteroatoms. The van der Waals surface area contributed by atoms with Crippen molar-refractivity contribution in [2.75, 3.05) is 7.11 Å². The van der Waals surface area contributed by atoms with Gasteiger partial charge in [-0.15, -0.1) is 0 Å². The normalized spacial score (nSPS) is 10.3. The summed E-state index contributed by atoms with van der Waals surface area (Å²) in [5, 5.41) is 4.13. The average molecular weight is 336 g/mol. The van der Waals surface area contributed by atoms with Crippen molar-refractivity contribution in [3.8, 4) is 5.69 Å². The highest BCUT2D eigenvalue weighted by Gasteiger charge is 2.09. The van der Waals surface area contributed by atoms with E-state index in [1.807, 2.05) is 12.3 Å². The Morgan fingerprint density at radius 3 is 2.20 bits per heavy atom. The summed E-state index contributed by atoms with van der Waals surface area (Å²) in [7, 11) is 1.33. The summed E-state index contributed by atoms with van der Waals surface area (Å²) in [6, 6.07) is 15.5. The predicted molar refractivity (Wildman–Crippen MR) is 90.5 cm³/mol. The van der Waals surface area contributed by atoms with E-state index in [4.69, 9.17) is 4.74 Å². The number of esters is 2. The van der Waals surface area contributed by atoms with Crippen LogP contribution in [0.3, 0.4) is 0 Å². The van der Waals surface area contributed by atoms with E-state index in [2.05, 4.69) is 9.84 Å². The molecular formula is C19H16N2O4. The molecule has 3 aromatic rings. The molecule has 0 radical (unpaired) electrons. The van der Waals surface area contributed by atoms with Crippen LogP contribution >= 0.6 is 0 Å². The molecule has 0 bridgehead atoms. The van der Waals surface area contributed by atoms with Crippen LogP contribution in [0.4, 0.5) is 0 Å². The number of nitrogens with zero attached hydrogens (tertiary/aromatic N) is 2. The van der Waals surface area contributed by atoms with Gasteiger partial charge in [0.25, 0.3) is 0 Å². The topological polar surface area (TPSA) is 70.4 Å². The van der Waals surface area contributed by atoms with Gasteiger partial charge in [-0.2, -0.15) is 5.10 Å². The van der Waals surface area contributed by atoms with Gasteiger partial charge < -0.3 is 9.47 Å². The zero-order valence-electron chi connectivity index (χ0n) is 13.6. The number of rotatable bonds is 5. The Bertz CT molecular complexity index is 853. The van der Waals surface area contributed by atoms with Crippen LogP contribution in [0.25, 0.3) is 5.69 Å². The molecule has 0 amide bonds. The van der Waals surface area contributed by atoms with Crippen LogP contribution in [0.1, 0.15) is 26.3 Å². The Kier molecular flexibility index (Phi) is 4.89. The maximum atomic E-state index is 12.1. The number of hydrogen-bond acceptors (Lipinski definition) is 5. The highest BCUT2D eigenvalue weighted by atomic mass is 16.5. The first-order valence-electron chi connectivity index (χ1n) is 7.62. The highest BCUT2D eigenvalue weighted by molar-refractivity contribution is 5.90. The lowest BCUT2D eigenvalue weighted by atomic mass is 10.1. The lowest BCUT2D eigenvalue weighted by molar-refractivity contribution is 0.0471. The standard InChI is InChI=1S/C19H16N2O4/c1-24-18(22)15-5-3-14(4-6-15)13-25-19(23)16-7-9-17(10-8-16)21-12-2-11-20-21/h2-12H,13H2,1H3. The average Bonchev–Trinajstić information content (AvgIpc) is 3.21. The number of methoxy groups -OCH3 is 1. The van der Waals surface area contributed by atoms with Crippen molar-refractivity contribution < 1.29 is 19.1 Å². The third-order valence-electron chi connectivity index (χ3n) is 3.62. The second-order valence-electron chi connectivity index (χ2n) is 5.26. The SMILES string of the molecule is COC(=O)c1ccc(COC(=O)c2ccc(-n3cccn3)cc2)cc1. The summed E-state index contributed by atoms with van der Waals surface area (Å²) in [5.41, 5.74) is 2.56. The number of carbonyl (C=O) groups is 2. The largest absolute Gasteiger partial charge is 0.465 e. The molecule has 25 heavy (non-hydrogen) atoms. The van der Waals surface area contributed by atoms with Gasteiger partial charge in [0.2, 0.25) is 0 Å². The van der Waals surface area contributed by atoms with Crippen LogP contribution in [0.15, 0.2) is 67.0 Å². The summed E-state index contributed by atoms with van der Waals surface area (Å²) < 4.78 is 11.6. The number of aromatic nitrogens is 2. The molecule has 3 rings (SSSR count). The van der Waals surface area contributed by atoms with E-state index in [1.165, 1.54) is 7.11 Å². The zero-order valence-corrected chi connectivity index (χ0v) is 13.6. The van der Waals surface area contributed by atoms with Gasteiger partial charge in [-0.1, -0.05) is 12.1 Å². The minimum atomic E-state index is -0.413. The van der Waals surface area contributed by atoms with Gasteiger partial charge in [0.05, 0.1) is 23.9 Å². The number of carbonyl (C=O) groups excluding carboxylic acids is 2. The van der Waals surface area contributed by atoms with Gasteiger partial charge in [0.1, 0.15) is 6.61 Å². The fourth-order valence-corrected chi connectivity index (χ4v) is 2.26. The molecule has 0 aliphatic rings. The Hall–Kier alpha value is -3.41. The molecule has 6 nitrogen and oxygen atoms in total. The smallest absolute Gasteiger partial charge is 0.338 e. The molecule has 126 valence electrons. The molecule has 0 aliphatic carbocycles. The van der Waals surface area contributed by atoms with E-state index in [-0.39, 0.29) is 6.61 Å². The molecule has 0 atom stereocenters. The monoisotopic (exact) mass is 336 g/mol. The zero-order chi connectivity index (χ0) is 17.6. The molecule has 0 N–H and O–H groups in total. The van der Waals surface area contributed by atoms with E-state index < -0.39 is 11.9 Å². The van der Waals surface area contributed by atoms with Crippen molar-refractivity contribution in [1.29, 1.82) is 0 Å².